The molecule has 0 saturated heterocycles. The summed E-state index contributed by atoms with van der Waals surface area (Å²) in [5, 5.41) is 3.43. The Kier molecular flexibility index (Phi) is 2.70. The molecule has 2 aromatic rings. The fourth-order valence-corrected chi connectivity index (χ4v) is 2.47. The molecule has 2 aromatic carbocycles. The Labute approximate surface area is 95.9 Å². The normalized spacial score (nSPS) is 10.9. The van der Waals surface area contributed by atoms with Crippen LogP contribution in [0.15, 0.2) is 24.3 Å². The first-order chi connectivity index (χ1) is 7.15. The van der Waals surface area contributed by atoms with Crippen molar-refractivity contribution in [2.45, 2.75) is 27.2 Å². The van der Waals surface area contributed by atoms with Gasteiger partial charge in [-0.05, 0) is 48.4 Å². The first kappa shape index (κ1) is 10.5. The van der Waals surface area contributed by atoms with Crippen LogP contribution in [-0.4, -0.2) is 0 Å². The molecule has 0 heterocycles. The lowest BCUT2D eigenvalue weighted by atomic mass is 9.95. The largest absolute Gasteiger partial charge is 0.0837 e. The van der Waals surface area contributed by atoms with Gasteiger partial charge in [-0.3, -0.25) is 0 Å². The molecule has 0 aromatic heterocycles. The van der Waals surface area contributed by atoms with Gasteiger partial charge in [-0.25, -0.2) is 0 Å². The van der Waals surface area contributed by atoms with E-state index in [-0.39, 0.29) is 0 Å². The van der Waals surface area contributed by atoms with Gasteiger partial charge in [-0.15, -0.1) is 0 Å². The van der Waals surface area contributed by atoms with Gasteiger partial charge in [0.05, 0.1) is 0 Å². The minimum Gasteiger partial charge on any atom is -0.0837 e. The molecule has 15 heavy (non-hydrogen) atoms. The van der Waals surface area contributed by atoms with E-state index < -0.39 is 0 Å². The maximum atomic E-state index is 6.28. The van der Waals surface area contributed by atoms with Gasteiger partial charge in [0.2, 0.25) is 0 Å². The Bertz CT molecular complexity index is 504. The molecule has 0 amide bonds. The molecular weight excluding hydrogens is 204 g/mol. The van der Waals surface area contributed by atoms with Crippen LogP contribution in [0.2, 0.25) is 5.02 Å². The molecule has 0 atom stereocenters. The summed E-state index contributed by atoms with van der Waals surface area (Å²) in [6, 6.07) is 8.46. The zero-order chi connectivity index (χ0) is 11.0. The number of halogens is 1. The van der Waals surface area contributed by atoms with E-state index in [2.05, 4.69) is 39.0 Å². The molecule has 0 radical (unpaired) electrons. The molecule has 0 nitrogen and oxygen atoms in total. The van der Waals surface area contributed by atoms with E-state index in [1.807, 2.05) is 6.07 Å². The van der Waals surface area contributed by atoms with Gasteiger partial charge in [-0.1, -0.05) is 36.7 Å². The van der Waals surface area contributed by atoms with Crippen molar-refractivity contribution in [3.63, 3.8) is 0 Å². The summed E-state index contributed by atoms with van der Waals surface area (Å²) in [6.45, 7) is 6.46. The number of aryl methyl sites for hydroxylation is 3. The summed E-state index contributed by atoms with van der Waals surface area (Å²) in [7, 11) is 0. The Morgan fingerprint density at radius 1 is 0.933 bits per heavy atom. The molecule has 0 aliphatic rings. The van der Waals surface area contributed by atoms with Crippen LogP contribution in [0.3, 0.4) is 0 Å². The van der Waals surface area contributed by atoms with Gasteiger partial charge in [-0.2, -0.15) is 0 Å². The van der Waals surface area contributed by atoms with Crippen molar-refractivity contribution in [3.8, 4) is 0 Å². The lowest BCUT2D eigenvalue weighted by Crippen LogP contribution is -1.90. The topological polar surface area (TPSA) is 0 Å². The van der Waals surface area contributed by atoms with Gasteiger partial charge in [0.15, 0.2) is 0 Å². The average molecular weight is 219 g/mol. The number of rotatable bonds is 1. The minimum atomic E-state index is 0.871. The lowest BCUT2D eigenvalue weighted by molar-refractivity contribution is 1.16. The van der Waals surface area contributed by atoms with E-state index in [4.69, 9.17) is 11.6 Å². The Balaban J connectivity index is 2.99. The summed E-state index contributed by atoms with van der Waals surface area (Å²) in [4.78, 5) is 0. The molecule has 0 bridgehead atoms. The van der Waals surface area contributed by atoms with Crippen molar-refractivity contribution in [2.24, 2.45) is 0 Å². The van der Waals surface area contributed by atoms with Crippen LogP contribution in [-0.2, 0) is 6.42 Å². The maximum Gasteiger partial charge on any atom is 0.0487 e. The van der Waals surface area contributed by atoms with E-state index in [1.165, 1.54) is 27.5 Å². The zero-order valence-corrected chi connectivity index (χ0v) is 10.2. The quantitative estimate of drug-likeness (QED) is 0.653. The van der Waals surface area contributed by atoms with Gasteiger partial charge < -0.3 is 0 Å². The zero-order valence-electron chi connectivity index (χ0n) is 9.39. The average Bonchev–Trinajstić information content (AvgIpc) is 2.23. The summed E-state index contributed by atoms with van der Waals surface area (Å²) in [5.41, 5.74) is 3.95. The van der Waals surface area contributed by atoms with Gasteiger partial charge in [0.25, 0.3) is 0 Å². The van der Waals surface area contributed by atoms with Crippen LogP contribution in [0, 0.1) is 13.8 Å². The summed E-state index contributed by atoms with van der Waals surface area (Å²) in [6.07, 6.45) is 1.03. The molecule has 0 unspecified atom stereocenters. The number of hydrogen-bond donors (Lipinski definition) is 0. The van der Waals surface area contributed by atoms with Crippen LogP contribution in [0.5, 0.6) is 0 Å². The van der Waals surface area contributed by atoms with Crippen LogP contribution < -0.4 is 0 Å². The first-order valence-electron chi connectivity index (χ1n) is 5.32. The predicted molar refractivity (Wildman–Crippen MR) is 67.8 cm³/mol. The molecule has 0 fully saturated rings. The SMILES string of the molecule is CCc1ccc(C)c2c(C)ccc(Cl)c12. The molecule has 0 spiro atoms. The molecule has 0 saturated carbocycles. The first-order valence-corrected chi connectivity index (χ1v) is 5.70. The highest BCUT2D eigenvalue weighted by atomic mass is 35.5. The second-order valence-corrected chi connectivity index (χ2v) is 4.42. The highest BCUT2D eigenvalue weighted by molar-refractivity contribution is 6.36. The third-order valence-corrected chi connectivity index (χ3v) is 3.31. The van der Waals surface area contributed by atoms with E-state index in [9.17, 15) is 0 Å². The second kappa shape index (κ2) is 3.86. The summed E-state index contributed by atoms with van der Waals surface area (Å²) in [5.74, 6) is 0. The second-order valence-electron chi connectivity index (χ2n) is 4.01. The van der Waals surface area contributed by atoms with Crippen LogP contribution in [0.25, 0.3) is 10.8 Å². The van der Waals surface area contributed by atoms with Crippen molar-refractivity contribution in [2.75, 3.05) is 0 Å². The smallest absolute Gasteiger partial charge is 0.0487 e. The molecule has 0 N–H and O–H groups in total. The Hall–Kier alpha value is -1.01. The summed E-state index contributed by atoms with van der Waals surface area (Å²) >= 11 is 6.28. The molecule has 78 valence electrons. The standard InChI is InChI=1S/C14H15Cl/c1-4-11-7-5-9(2)13-10(3)6-8-12(15)14(11)13/h5-8H,4H2,1-3H3. The Morgan fingerprint density at radius 2 is 1.53 bits per heavy atom. The summed E-state index contributed by atoms with van der Waals surface area (Å²) < 4.78 is 0. The van der Waals surface area contributed by atoms with Crippen molar-refractivity contribution < 1.29 is 0 Å². The molecular formula is C14H15Cl. The highest BCUT2D eigenvalue weighted by Gasteiger charge is 2.08. The number of hydrogen-bond acceptors (Lipinski definition) is 0. The van der Waals surface area contributed by atoms with E-state index >= 15 is 0 Å². The maximum absolute atomic E-state index is 6.28. The fourth-order valence-electron chi connectivity index (χ4n) is 2.19. The molecule has 0 aliphatic heterocycles. The van der Waals surface area contributed by atoms with Crippen molar-refractivity contribution in [1.82, 2.24) is 0 Å². The third-order valence-electron chi connectivity index (χ3n) is 2.99. The molecule has 2 rings (SSSR count). The monoisotopic (exact) mass is 218 g/mol. The lowest BCUT2D eigenvalue weighted by Gasteiger charge is -2.11. The molecule has 0 aliphatic carbocycles. The number of benzene rings is 2. The van der Waals surface area contributed by atoms with Gasteiger partial charge in [0, 0.05) is 10.4 Å². The third kappa shape index (κ3) is 1.63. The van der Waals surface area contributed by atoms with Crippen molar-refractivity contribution in [3.05, 3.63) is 46.0 Å². The van der Waals surface area contributed by atoms with E-state index in [0.29, 0.717) is 0 Å². The van der Waals surface area contributed by atoms with Crippen LogP contribution >= 0.6 is 11.6 Å². The minimum absolute atomic E-state index is 0.871. The predicted octanol–water partition coefficient (Wildman–Crippen LogP) is 4.67. The van der Waals surface area contributed by atoms with Gasteiger partial charge >= 0.3 is 0 Å². The van der Waals surface area contributed by atoms with E-state index in [1.54, 1.807) is 0 Å². The fraction of sp³-hybridized carbons (Fsp3) is 0.286. The van der Waals surface area contributed by atoms with E-state index in [0.717, 1.165) is 11.4 Å². The van der Waals surface area contributed by atoms with Crippen molar-refractivity contribution in [1.29, 1.82) is 0 Å². The van der Waals surface area contributed by atoms with Gasteiger partial charge in [0.1, 0.15) is 0 Å². The highest BCUT2D eigenvalue weighted by Crippen LogP contribution is 2.32. The van der Waals surface area contributed by atoms with Crippen LogP contribution in [0.1, 0.15) is 23.6 Å². The molecule has 1 heteroatoms. The van der Waals surface area contributed by atoms with Crippen LogP contribution in [0.4, 0.5) is 0 Å². The number of fused-ring (bicyclic) bond motifs is 1. The van der Waals surface area contributed by atoms with Crippen molar-refractivity contribution >= 4 is 22.4 Å². The Morgan fingerprint density at radius 3 is 2.13 bits per heavy atom.